The van der Waals surface area contributed by atoms with E-state index in [2.05, 4.69) is 4.74 Å². The number of carboxylic acid groups (broad SMARTS) is 2. The molecular formula is C8H12O6. The van der Waals surface area contributed by atoms with Gasteiger partial charge >= 0.3 is 11.9 Å². The summed E-state index contributed by atoms with van der Waals surface area (Å²) in [5, 5.41) is 18.0. The fourth-order valence-electron chi connectivity index (χ4n) is 1.39. The maximum atomic E-state index is 11.1. The first kappa shape index (κ1) is 5.09. The zero-order valence-corrected chi connectivity index (χ0v) is 6.77. The fourth-order valence-corrected chi connectivity index (χ4v) is 1.39. The van der Waals surface area contributed by atoms with Gasteiger partial charge in [-0.2, -0.15) is 0 Å². The number of carbonyl (C=O) groups is 2. The Balaban J connectivity index is 0.00000200. The summed E-state index contributed by atoms with van der Waals surface area (Å²) in [6, 6.07) is 0. The summed E-state index contributed by atoms with van der Waals surface area (Å²) in [4.78, 5) is 22.2. The van der Waals surface area contributed by atoms with E-state index in [1.807, 2.05) is 0 Å². The van der Waals surface area contributed by atoms with E-state index < -0.39 is 48.7 Å². The second kappa shape index (κ2) is 3.55. The molecule has 0 radical (unpaired) electrons. The van der Waals surface area contributed by atoms with Crippen LogP contribution in [0.2, 0.25) is 0 Å². The lowest BCUT2D eigenvalue weighted by Crippen LogP contribution is -2.38. The minimum absolute atomic E-state index is 0. The molecule has 80 valence electrons. The van der Waals surface area contributed by atoms with Crippen molar-refractivity contribution in [3.63, 3.8) is 0 Å². The van der Waals surface area contributed by atoms with Gasteiger partial charge in [-0.1, -0.05) is 0 Å². The summed E-state index contributed by atoms with van der Waals surface area (Å²) >= 11 is 0. The average molecular weight is 210 g/mol. The first-order valence-electron chi connectivity index (χ1n) is 6.50. The molecule has 0 amide bonds. The van der Waals surface area contributed by atoms with Crippen molar-refractivity contribution in [1.82, 2.24) is 0 Å². The van der Waals surface area contributed by atoms with E-state index >= 15 is 0 Å². The minimum Gasteiger partial charge on any atom is -0.481 e. The maximum Gasteiger partial charge on any atom is 0.310 e. The molecule has 14 heavy (non-hydrogen) atoms. The quantitative estimate of drug-likeness (QED) is 0.614. The van der Waals surface area contributed by atoms with Crippen molar-refractivity contribution in [1.29, 1.82) is 0 Å². The second-order valence-corrected chi connectivity index (χ2v) is 2.71. The third-order valence-corrected chi connectivity index (χ3v) is 1.96. The summed E-state index contributed by atoms with van der Waals surface area (Å²) in [6.45, 7) is 0. The van der Waals surface area contributed by atoms with E-state index in [0.717, 1.165) is 0 Å². The predicted octanol–water partition coefficient (Wildman–Crippen LogP) is -0.876. The Hall–Kier alpha value is -1.14. The largest absolute Gasteiger partial charge is 0.481 e. The van der Waals surface area contributed by atoms with E-state index in [0.29, 0.717) is 0 Å². The van der Waals surface area contributed by atoms with Gasteiger partial charge in [0.25, 0.3) is 0 Å². The van der Waals surface area contributed by atoms with Crippen LogP contribution in [0, 0.1) is 11.8 Å². The summed E-state index contributed by atoms with van der Waals surface area (Å²) in [6.07, 6.45) is -12.2. The fraction of sp³-hybridized carbons (Fsp3) is 0.750. The van der Waals surface area contributed by atoms with Gasteiger partial charge in [-0.05, 0) is 12.7 Å². The first-order chi connectivity index (χ1) is 8.34. The van der Waals surface area contributed by atoms with Gasteiger partial charge in [-0.15, -0.1) is 0 Å². The van der Waals surface area contributed by atoms with Crippen LogP contribution in [0.25, 0.3) is 0 Å². The SMILES string of the molecule is O.[2H]C12OC([2H])(C(C(=O)O)C1C(=O)O)C([2H])([2H])C2([2H])[2H]. The molecule has 2 fully saturated rings. The summed E-state index contributed by atoms with van der Waals surface area (Å²) < 4.78 is 50.4. The highest BCUT2D eigenvalue weighted by Crippen LogP contribution is 2.43. The highest BCUT2D eigenvalue weighted by molar-refractivity contribution is 5.82. The van der Waals surface area contributed by atoms with Crippen molar-refractivity contribution in [3.8, 4) is 0 Å². The van der Waals surface area contributed by atoms with Crippen LogP contribution >= 0.6 is 0 Å². The second-order valence-electron chi connectivity index (χ2n) is 2.71. The topological polar surface area (TPSA) is 115 Å². The Labute approximate surface area is 88.2 Å². The zero-order chi connectivity index (χ0) is 15.0. The molecule has 2 aliphatic rings. The van der Waals surface area contributed by atoms with Crippen LogP contribution in [-0.2, 0) is 14.3 Å². The maximum absolute atomic E-state index is 11.1. The van der Waals surface area contributed by atoms with Crippen molar-refractivity contribution < 1.29 is 38.2 Å². The number of ether oxygens (including phenoxy) is 1. The van der Waals surface area contributed by atoms with Crippen LogP contribution in [0.3, 0.4) is 0 Å². The molecule has 4 N–H and O–H groups in total. The van der Waals surface area contributed by atoms with Crippen LogP contribution < -0.4 is 0 Å². The standard InChI is InChI=1S/C8H10O5.H2O/c9-7(10)5-3-1-2-4(13-3)6(5)8(11)12;/h3-6H,1-2H2,(H,9,10)(H,11,12);1H2/i1D2,2D2,3D,4D;. The summed E-state index contributed by atoms with van der Waals surface area (Å²) in [7, 11) is 0. The van der Waals surface area contributed by atoms with Gasteiger partial charge in [0.2, 0.25) is 0 Å². The van der Waals surface area contributed by atoms with Gasteiger partial charge in [0.05, 0.1) is 26.7 Å². The van der Waals surface area contributed by atoms with E-state index in [9.17, 15) is 9.59 Å². The van der Waals surface area contributed by atoms with Crippen molar-refractivity contribution in [2.24, 2.45) is 11.8 Å². The molecule has 6 nitrogen and oxygen atoms in total. The van der Waals surface area contributed by atoms with Crippen molar-refractivity contribution >= 4 is 11.9 Å². The summed E-state index contributed by atoms with van der Waals surface area (Å²) in [5.74, 6) is -7.95. The lowest BCUT2D eigenvalue weighted by atomic mass is 9.79. The minimum atomic E-state index is -3.13. The average Bonchev–Trinajstić information content (AvgIpc) is 2.53. The highest BCUT2D eigenvalue weighted by Gasteiger charge is 2.55. The molecule has 6 heteroatoms. The molecule has 0 aromatic carbocycles. The Morgan fingerprint density at radius 3 is 1.86 bits per heavy atom. The van der Waals surface area contributed by atoms with Gasteiger partial charge in [0, 0.05) is 5.48 Å². The van der Waals surface area contributed by atoms with E-state index in [1.165, 1.54) is 0 Å². The van der Waals surface area contributed by atoms with Crippen molar-refractivity contribution in [2.45, 2.75) is 24.9 Å². The van der Waals surface area contributed by atoms with Crippen LogP contribution in [0.5, 0.6) is 0 Å². The molecule has 2 saturated heterocycles. The lowest BCUT2D eigenvalue weighted by molar-refractivity contribution is -0.154. The molecule has 0 spiro atoms. The molecule has 2 heterocycles. The molecule has 0 aromatic rings. The van der Waals surface area contributed by atoms with Gasteiger partial charge in [0.15, 0.2) is 0 Å². The Morgan fingerprint density at radius 2 is 1.57 bits per heavy atom. The molecule has 0 saturated carbocycles. The highest BCUT2D eigenvalue weighted by atomic mass is 16.5. The van der Waals surface area contributed by atoms with E-state index in [4.69, 9.17) is 18.4 Å². The van der Waals surface area contributed by atoms with Crippen LogP contribution in [0.1, 0.15) is 21.0 Å². The lowest BCUT2D eigenvalue weighted by Gasteiger charge is -2.20. The summed E-state index contributed by atoms with van der Waals surface area (Å²) in [5.41, 5.74) is 0. The van der Waals surface area contributed by atoms with Gasteiger partial charge < -0.3 is 20.4 Å². The molecule has 2 rings (SSSR count). The number of hydrogen-bond acceptors (Lipinski definition) is 3. The molecule has 0 aliphatic carbocycles. The van der Waals surface area contributed by atoms with Gasteiger partial charge in [-0.3, -0.25) is 9.59 Å². The number of aliphatic carboxylic acids is 2. The molecule has 2 bridgehead atoms. The Morgan fingerprint density at radius 1 is 1.21 bits per heavy atom. The third-order valence-electron chi connectivity index (χ3n) is 1.96. The first-order valence-corrected chi connectivity index (χ1v) is 3.50. The molecule has 4 atom stereocenters. The number of carboxylic acids is 2. The van der Waals surface area contributed by atoms with Crippen molar-refractivity contribution in [3.05, 3.63) is 0 Å². The zero-order valence-electron chi connectivity index (χ0n) is 12.8. The number of rotatable bonds is 2. The Kier molecular flexibility index (Phi) is 1.29. The van der Waals surface area contributed by atoms with Gasteiger partial charge in [0.1, 0.15) is 0 Å². The third kappa shape index (κ3) is 1.36. The van der Waals surface area contributed by atoms with Gasteiger partial charge in [-0.25, -0.2) is 0 Å². The monoisotopic (exact) mass is 210 g/mol. The molecule has 2 aliphatic heterocycles. The van der Waals surface area contributed by atoms with Crippen molar-refractivity contribution in [2.75, 3.05) is 0 Å². The molecule has 4 unspecified atom stereocenters. The normalized spacial score (nSPS) is 63.1. The predicted molar refractivity (Wildman–Crippen MR) is 43.8 cm³/mol. The van der Waals surface area contributed by atoms with Crippen LogP contribution in [0.15, 0.2) is 0 Å². The Bertz CT molecular complexity index is 440. The van der Waals surface area contributed by atoms with Crippen LogP contribution in [-0.4, -0.2) is 39.8 Å². The smallest absolute Gasteiger partial charge is 0.310 e. The number of hydrogen-bond donors (Lipinski definition) is 2. The molecular weight excluding hydrogens is 192 g/mol. The number of fused-ring (bicyclic) bond motifs is 2. The molecule has 0 aromatic heterocycles. The van der Waals surface area contributed by atoms with Crippen LogP contribution in [0.4, 0.5) is 0 Å². The van der Waals surface area contributed by atoms with E-state index in [-0.39, 0.29) is 5.48 Å². The van der Waals surface area contributed by atoms with E-state index in [1.54, 1.807) is 0 Å².